The third-order valence-electron chi connectivity index (χ3n) is 7.31. The van der Waals surface area contributed by atoms with E-state index < -0.39 is 20.3 Å². The van der Waals surface area contributed by atoms with Crippen LogP contribution in [0.4, 0.5) is 0 Å². The molecule has 45 heavy (non-hydrogen) atoms. The van der Waals surface area contributed by atoms with Crippen molar-refractivity contribution in [2.24, 2.45) is 4.52 Å². The van der Waals surface area contributed by atoms with Gasteiger partial charge in [-0.05, 0) is 0 Å². The van der Waals surface area contributed by atoms with Crippen molar-refractivity contribution in [1.82, 2.24) is 0 Å². The third kappa shape index (κ3) is 7.26. The van der Waals surface area contributed by atoms with Gasteiger partial charge in [0.25, 0.3) is 0 Å². The Morgan fingerprint density at radius 3 is 1.07 bits per heavy atom. The van der Waals surface area contributed by atoms with Gasteiger partial charge in [0.1, 0.15) is 0 Å². The van der Waals surface area contributed by atoms with Crippen molar-refractivity contribution in [3.63, 3.8) is 0 Å². The Morgan fingerprint density at radius 1 is 0.444 bits per heavy atom. The molecule has 0 radical (unpaired) electrons. The molecule has 0 aliphatic heterocycles. The van der Waals surface area contributed by atoms with Crippen LogP contribution < -0.4 is 30.3 Å². The van der Waals surface area contributed by atoms with Crippen molar-refractivity contribution in [2.75, 3.05) is 5.90 Å². The van der Waals surface area contributed by atoms with E-state index in [1.165, 1.54) is 10.6 Å². The number of rotatable bonds is 11. The summed E-state index contributed by atoms with van der Waals surface area (Å²) in [5.41, 5.74) is -2.28. The van der Waals surface area contributed by atoms with Gasteiger partial charge in [-0.2, -0.15) is 0 Å². The summed E-state index contributed by atoms with van der Waals surface area (Å²) in [6.45, 7) is 0. The Hall–Kier alpha value is -3.67. The fourth-order valence-electron chi connectivity index (χ4n) is 5.20. The monoisotopic (exact) mass is 711 g/mol. The van der Waals surface area contributed by atoms with Gasteiger partial charge in [-0.3, -0.25) is 0 Å². The zero-order valence-electron chi connectivity index (χ0n) is 24.4. The van der Waals surface area contributed by atoms with Crippen LogP contribution in [0.25, 0.3) is 0 Å². The molecule has 0 unspecified atom stereocenters. The predicted molar refractivity (Wildman–Crippen MR) is 193 cm³/mol. The van der Waals surface area contributed by atoms with E-state index in [9.17, 15) is 0 Å². The van der Waals surface area contributed by atoms with Crippen LogP contribution in [0, 0.1) is 0 Å². The van der Waals surface area contributed by atoms with E-state index in [0.717, 1.165) is 10.6 Å². The molecule has 0 bridgehead atoms. The summed E-state index contributed by atoms with van der Waals surface area (Å²) in [7, 11) is -7.13. The molecule has 0 aliphatic carbocycles. The average molecular weight is 711 g/mol. The molecular formula is C37H32NO3P3Se. The zero-order chi connectivity index (χ0) is 31.0. The molecule has 0 aliphatic rings. The number of benzene rings is 6. The quantitative estimate of drug-likeness (QED) is 0.0998. The van der Waals surface area contributed by atoms with E-state index in [1.807, 2.05) is 84.9 Å². The van der Waals surface area contributed by atoms with Crippen molar-refractivity contribution in [1.29, 1.82) is 0 Å². The van der Waals surface area contributed by atoms with E-state index in [0.29, 0.717) is 17.4 Å². The molecule has 0 saturated heterocycles. The first kappa shape index (κ1) is 31.3. The molecule has 6 aromatic rings. The van der Waals surface area contributed by atoms with Crippen LogP contribution >= 0.6 is 20.3 Å². The van der Waals surface area contributed by atoms with E-state index in [1.54, 1.807) is 24.3 Å². The zero-order valence-corrected chi connectivity index (χ0v) is 28.8. The van der Waals surface area contributed by atoms with Crippen LogP contribution in [0.2, 0.25) is 0 Å². The van der Waals surface area contributed by atoms with Gasteiger partial charge in [-0.25, -0.2) is 0 Å². The maximum atomic E-state index is 15.3. The first-order valence-corrected chi connectivity index (χ1v) is 22.1. The summed E-state index contributed by atoms with van der Waals surface area (Å²) < 4.78 is 33.4. The second-order valence-corrected chi connectivity index (χ2v) is 22.5. The van der Waals surface area contributed by atoms with E-state index >= 15 is 4.57 Å². The Balaban J connectivity index is 1.68. The van der Waals surface area contributed by atoms with Gasteiger partial charge in [0.15, 0.2) is 0 Å². The van der Waals surface area contributed by atoms with Gasteiger partial charge >= 0.3 is 274 Å². The number of nitrogens with zero attached hydrogens (tertiary/aromatic N) is 1. The molecule has 0 heterocycles. The SMILES string of the molecule is O=P(N=P(CP(=[Se])(c1ccccc1)c1ccccc1)(c1ccccc1)c1ccccc1)(Oc1ccccc1)Oc1ccccc1. The number of para-hydroxylation sites is 2. The molecule has 0 atom stereocenters. The summed E-state index contributed by atoms with van der Waals surface area (Å²) >= 11 is 3.71. The molecule has 0 N–H and O–H groups in total. The molecular weight excluding hydrogens is 678 g/mol. The molecule has 0 fully saturated rings. The summed E-state index contributed by atoms with van der Waals surface area (Å²) in [6, 6.07) is 59.9. The topological polar surface area (TPSA) is 47.9 Å². The van der Waals surface area contributed by atoms with Crippen molar-refractivity contribution in [2.45, 2.75) is 0 Å². The molecule has 224 valence electrons. The summed E-state index contributed by atoms with van der Waals surface area (Å²) in [5, 5.41) is 4.39. The maximum absolute atomic E-state index is 15.3. The second-order valence-electron chi connectivity index (χ2n) is 10.4. The number of hydrogen-bond donors (Lipinski definition) is 0. The molecule has 8 heteroatoms. The van der Waals surface area contributed by atoms with Crippen molar-refractivity contribution >= 4 is 56.6 Å². The van der Waals surface area contributed by atoms with Gasteiger partial charge in [-0.1, -0.05) is 0 Å². The van der Waals surface area contributed by atoms with Gasteiger partial charge in [0, 0.05) is 0 Å². The molecule has 0 saturated carbocycles. The Bertz CT molecular complexity index is 1850. The van der Waals surface area contributed by atoms with Gasteiger partial charge in [-0.15, -0.1) is 0 Å². The van der Waals surface area contributed by atoms with Gasteiger partial charge in [0.05, 0.1) is 0 Å². The van der Waals surface area contributed by atoms with Gasteiger partial charge in [0.2, 0.25) is 0 Å². The van der Waals surface area contributed by atoms with Crippen molar-refractivity contribution in [3.05, 3.63) is 182 Å². The van der Waals surface area contributed by atoms with Crippen molar-refractivity contribution < 1.29 is 13.6 Å². The van der Waals surface area contributed by atoms with Crippen LogP contribution in [0.3, 0.4) is 0 Å². The fraction of sp³-hybridized carbons (Fsp3) is 0.0270. The first-order valence-electron chi connectivity index (χ1n) is 14.5. The number of hydrogen-bond acceptors (Lipinski definition) is 3. The molecule has 6 aromatic carbocycles. The summed E-state index contributed by atoms with van der Waals surface area (Å²) in [5.74, 6) is 1.45. The summed E-state index contributed by atoms with van der Waals surface area (Å²) in [4.78, 5) is 0. The second kappa shape index (κ2) is 14.2. The van der Waals surface area contributed by atoms with E-state index in [2.05, 4.69) is 87.9 Å². The van der Waals surface area contributed by atoms with E-state index in [4.69, 9.17) is 13.6 Å². The molecule has 6 rings (SSSR count). The Labute approximate surface area is 273 Å². The third-order valence-corrected chi connectivity index (χ3v) is 22.9. The van der Waals surface area contributed by atoms with Crippen LogP contribution in [0.5, 0.6) is 11.5 Å². The van der Waals surface area contributed by atoms with Gasteiger partial charge < -0.3 is 0 Å². The predicted octanol–water partition coefficient (Wildman–Crippen LogP) is 8.81. The Kier molecular flexibility index (Phi) is 9.87. The van der Waals surface area contributed by atoms with Crippen LogP contribution in [0.15, 0.2) is 187 Å². The normalized spacial score (nSPS) is 11.8. The first-order chi connectivity index (χ1) is 22.0. The molecule has 0 spiro atoms. The van der Waals surface area contributed by atoms with Crippen molar-refractivity contribution in [3.8, 4) is 11.5 Å². The summed E-state index contributed by atoms with van der Waals surface area (Å²) in [6.07, 6.45) is 0. The van der Waals surface area contributed by atoms with Crippen LogP contribution in [-0.4, -0.2) is 21.0 Å². The van der Waals surface area contributed by atoms with E-state index in [-0.39, 0.29) is 0 Å². The molecule has 0 aromatic heterocycles. The minimum absolute atomic E-state index is 0.426. The fourth-order valence-corrected chi connectivity index (χ4v) is 22.2. The molecule has 4 nitrogen and oxygen atoms in total. The van der Waals surface area contributed by atoms with Crippen LogP contribution in [-0.2, 0) is 4.57 Å². The van der Waals surface area contributed by atoms with Crippen LogP contribution in [0.1, 0.15) is 0 Å². The standard InChI is InChI=1S/C37H32NO3P3Se/c39-44(40-32-19-7-1-8-20-32,41-33-21-9-2-10-22-33)38-42(34-23-11-3-12-24-34,35-25-13-4-14-26-35)31-43(45,36-27-15-5-16-28-36)37-29-17-6-18-30-37/h1-30H,31H2. The minimum atomic E-state index is -4.21. The average Bonchev–Trinajstić information content (AvgIpc) is 3.10. The molecule has 0 amide bonds. The Morgan fingerprint density at radius 2 is 0.733 bits per heavy atom.